The molecule has 0 bridgehead atoms. The monoisotopic (exact) mass is 313 g/mol. The van der Waals surface area contributed by atoms with Crippen LogP contribution in [0.15, 0.2) is 17.2 Å². The Balaban J connectivity index is 2.04. The largest absolute Gasteiger partial charge is 0.363 e. The van der Waals surface area contributed by atoms with Crippen LogP contribution in [0.2, 0.25) is 0 Å². The summed E-state index contributed by atoms with van der Waals surface area (Å²) in [5.74, 6) is 0.405. The van der Waals surface area contributed by atoms with E-state index in [1.54, 1.807) is 12.3 Å². The van der Waals surface area contributed by atoms with Crippen LogP contribution in [0.4, 0.5) is 0 Å². The Morgan fingerprint density at radius 2 is 2.05 bits per heavy atom. The highest BCUT2D eigenvalue weighted by molar-refractivity contribution is 7.89. The number of aromatic nitrogens is 1. The third-order valence-electron chi connectivity index (χ3n) is 4.26. The number of aromatic amines is 1. The lowest BCUT2D eigenvalue weighted by Gasteiger charge is -2.22. The van der Waals surface area contributed by atoms with Crippen molar-refractivity contribution >= 4 is 10.0 Å². The van der Waals surface area contributed by atoms with Gasteiger partial charge in [-0.1, -0.05) is 33.1 Å². The normalized spacial score (nSPS) is 23.9. The molecule has 0 aromatic carbocycles. The molecule has 1 heterocycles. The second-order valence-corrected chi connectivity index (χ2v) is 7.70. The molecule has 0 spiro atoms. The Kier molecular flexibility index (Phi) is 5.84. The number of rotatable bonds is 6. The van der Waals surface area contributed by atoms with Crippen molar-refractivity contribution in [3.63, 3.8) is 0 Å². The smallest absolute Gasteiger partial charge is 0.242 e. The van der Waals surface area contributed by atoms with Crippen LogP contribution in [0.25, 0.3) is 0 Å². The van der Waals surface area contributed by atoms with Gasteiger partial charge in [-0.3, -0.25) is 0 Å². The third-order valence-corrected chi connectivity index (χ3v) is 5.73. The van der Waals surface area contributed by atoms with Gasteiger partial charge in [-0.05, 0) is 31.4 Å². The maximum Gasteiger partial charge on any atom is 0.242 e. The first-order chi connectivity index (χ1) is 10.0. The van der Waals surface area contributed by atoms with Gasteiger partial charge in [0.1, 0.15) is 0 Å². The SMILES string of the molecule is CCNCc1cc(S(=O)(=O)NC2CCCCCC2C)c[nH]1. The zero-order valence-corrected chi connectivity index (χ0v) is 13.8. The Hall–Kier alpha value is -0.850. The van der Waals surface area contributed by atoms with E-state index in [1.807, 2.05) is 6.92 Å². The lowest BCUT2D eigenvalue weighted by atomic mass is 9.98. The molecule has 1 saturated carbocycles. The van der Waals surface area contributed by atoms with Gasteiger partial charge in [-0.2, -0.15) is 0 Å². The lowest BCUT2D eigenvalue weighted by Crippen LogP contribution is -2.38. The molecule has 0 aliphatic heterocycles. The van der Waals surface area contributed by atoms with Crippen molar-refractivity contribution < 1.29 is 8.42 Å². The highest BCUT2D eigenvalue weighted by Crippen LogP contribution is 2.24. The molecular weight excluding hydrogens is 286 g/mol. The molecule has 2 unspecified atom stereocenters. The van der Waals surface area contributed by atoms with E-state index in [4.69, 9.17) is 0 Å². The molecular formula is C15H27N3O2S. The number of nitrogens with one attached hydrogen (secondary N) is 3. The van der Waals surface area contributed by atoms with E-state index >= 15 is 0 Å². The average molecular weight is 313 g/mol. The second-order valence-electron chi connectivity index (χ2n) is 5.98. The molecule has 1 aliphatic rings. The van der Waals surface area contributed by atoms with E-state index in [9.17, 15) is 8.42 Å². The van der Waals surface area contributed by atoms with E-state index in [1.165, 1.54) is 12.8 Å². The fourth-order valence-electron chi connectivity index (χ4n) is 2.87. The van der Waals surface area contributed by atoms with Crippen molar-refractivity contribution in [2.75, 3.05) is 6.54 Å². The van der Waals surface area contributed by atoms with Crippen LogP contribution >= 0.6 is 0 Å². The molecule has 1 aromatic rings. The predicted molar refractivity (Wildman–Crippen MR) is 84.5 cm³/mol. The molecule has 1 aliphatic carbocycles. The summed E-state index contributed by atoms with van der Waals surface area (Å²) in [6.45, 7) is 5.69. The van der Waals surface area contributed by atoms with Crippen molar-refractivity contribution in [3.8, 4) is 0 Å². The molecule has 2 rings (SSSR count). The predicted octanol–water partition coefficient (Wildman–Crippen LogP) is 2.37. The van der Waals surface area contributed by atoms with E-state index in [0.717, 1.165) is 31.5 Å². The Bertz CT molecular complexity index is 539. The van der Waals surface area contributed by atoms with Crippen molar-refractivity contribution in [2.45, 2.75) is 63.4 Å². The molecule has 1 fully saturated rings. The van der Waals surface area contributed by atoms with Crippen molar-refractivity contribution in [1.29, 1.82) is 0 Å². The minimum atomic E-state index is -3.42. The van der Waals surface area contributed by atoms with Crippen LogP contribution in [-0.2, 0) is 16.6 Å². The Morgan fingerprint density at radius 1 is 1.29 bits per heavy atom. The highest BCUT2D eigenvalue weighted by atomic mass is 32.2. The summed E-state index contributed by atoms with van der Waals surface area (Å²) < 4.78 is 27.9. The van der Waals surface area contributed by atoms with Crippen LogP contribution in [0.3, 0.4) is 0 Å². The van der Waals surface area contributed by atoms with E-state index in [-0.39, 0.29) is 6.04 Å². The Labute approximate surface area is 128 Å². The molecule has 21 heavy (non-hydrogen) atoms. The molecule has 1 aromatic heterocycles. The molecule has 2 atom stereocenters. The van der Waals surface area contributed by atoms with Gasteiger partial charge in [0.2, 0.25) is 10.0 Å². The van der Waals surface area contributed by atoms with Crippen LogP contribution in [0.1, 0.15) is 51.6 Å². The molecule has 0 saturated heterocycles. The fraction of sp³-hybridized carbons (Fsp3) is 0.733. The topological polar surface area (TPSA) is 74.0 Å². The van der Waals surface area contributed by atoms with Crippen molar-refractivity contribution in [3.05, 3.63) is 18.0 Å². The van der Waals surface area contributed by atoms with Crippen molar-refractivity contribution in [2.24, 2.45) is 5.92 Å². The standard InChI is InChI=1S/C15H27N3O2S/c1-3-16-10-13-9-14(11-17-13)21(19,20)18-15-8-6-4-5-7-12(15)2/h9,11-12,15-18H,3-8,10H2,1-2H3. The van der Waals surface area contributed by atoms with E-state index in [0.29, 0.717) is 17.4 Å². The maximum absolute atomic E-state index is 12.5. The van der Waals surface area contributed by atoms with Gasteiger partial charge >= 0.3 is 0 Å². The zero-order valence-electron chi connectivity index (χ0n) is 13.0. The molecule has 0 radical (unpaired) electrons. The van der Waals surface area contributed by atoms with Crippen LogP contribution < -0.4 is 10.0 Å². The average Bonchev–Trinajstić information content (AvgIpc) is 2.84. The minimum absolute atomic E-state index is 0.0598. The summed E-state index contributed by atoms with van der Waals surface area (Å²) in [5, 5.41) is 3.18. The van der Waals surface area contributed by atoms with Crippen LogP contribution in [-0.4, -0.2) is 26.0 Å². The van der Waals surface area contributed by atoms with Crippen molar-refractivity contribution in [1.82, 2.24) is 15.0 Å². The quantitative estimate of drug-likeness (QED) is 0.706. The first-order valence-corrected chi connectivity index (χ1v) is 9.41. The third kappa shape index (κ3) is 4.56. The molecule has 6 heteroatoms. The fourth-order valence-corrected chi connectivity index (χ4v) is 4.27. The van der Waals surface area contributed by atoms with Gasteiger partial charge in [0, 0.05) is 24.5 Å². The van der Waals surface area contributed by atoms with Crippen LogP contribution in [0.5, 0.6) is 0 Å². The summed E-state index contributed by atoms with van der Waals surface area (Å²) in [6.07, 6.45) is 7.14. The maximum atomic E-state index is 12.5. The number of hydrogen-bond donors (Lipinski definition) is 3. The van der Waals surface area contributed by atoms with Gasteiger partial charge in [-0.15, -0.1) is 0 Å². The lowest BCUT2D eigenvalue weighted by molar-refractivity contribution is 0.399. The number of hydrogen-bond acceptors (Lipinski definition) is 3. The summed E-state index contributed by atoms with van der Waals surface area (Å²) >= 11 is 0. The molecule has 3 N–H and O–H groups in total. The summed E-state index contributed by atoms with van der Waals surface area (Å²) in [6, 6.07) is 1.77. The van der Waals surface area contributed by atoms with E-state index < -0.39 is 10.0 Å². The second kappa shape index (κ2) is 7.42. The molecule has 120 valence electrons. The van der Waals surface area contributed by atoms with Gasteiger partial charge in [0.05, 0.1) is 4.90 Å². The molecule has 0 amide bonds. The number of H-pyrrole nitrogens is 1. The number of sulfonamides is 1. The summed E-state index contributed by atoms with van der Waals surface area (Å²) in [7, 11) is -3.42. The minimum Gasteiger partial charge on any atom is -0.363 e. The highest BCUT2D eigenvalue weighted by Gasteiger charge is 2.26. The van der Waals surface area contributed by atoms with E-state index in [2.05, 4.69) is 21.9 Å². The van der Waals surface area contributed by atoms with Gasteiger partial charge in [0.25, 0.3) is 0 Å². The summed E-state index contributed by atoms with van der Waals surface area (Å²) in [4.78, 5) is 3.37. The summed E-state index contributed by atoms with van der Waals surface area (Å²) in [5.41, 5.74) is 0.895. The Morgan fingerprint density at radius 3 is 2.81 bits per heavy atom. The molecule has 5 nitrogen and oxygen atoms in total. The zero-order chi connectivity index (χ0) is 15.3. The van der Waals surface area contributed by atoms with Gasteiger partial charge in [-0.25, -0.2) is 13.1 Å². The van der Waals surface area contributed by atoms with Gasteiger partial charge < -0.3 is 10.3 Å². The van der Waals surface area contributed by atoms with Gasteiger partial charge in [0.15, 0.2) is 0 Å². The van der Waals surface area contributed by atoms with Crippen LogP contribution in [0, 0.1) is 5.92 Å². The first-order valence-electron chi connectivity index (χ1n) is 7.93. The first kappa shape index (κ1) is 16.5.